The molecule has 4 heteroatoms. The Morgan fingerprint density at radius 1 is 1.46 bits per heavy atom. The number of benzene rings is 1. The van der Waals surface area contributed by atoms with E-state index in [-0.39, 0.29) is 12.3 Å². The van der Waals surface area contributed by atoms with Gasteiger partial charge >= 0.3 is 0 Å². The van der Waals surface area contributed by atoms with Crippen LogP contribution in [-0.2, 0) is 11.2 Å². The van der Waals surface area contributed by atoms with Crippen molar-refractivity contribution in [3.63, 3.8) is 0 Å². The molecule has 13 heavy (non-hydrogen) atoms. The number of nitrogens with zero attached hydrogens (tertiary/aromatic N) is 1. The van der Waals surface area contributed by atoms with Gasteiger partial charge in [0.1, 0.15) is 0 Å². The summed E-state index contributed by atoms with van der Waals surface area (Å²) < 4.78 is 0.973. The summed E-state index contributed by atoms with van der Waals surface area (Å²) in [5.74, 6) is -0.317. The molecule has 1 aromatic rings. The van der Waals surface area contributed by atoms with E-state index in [4.69, 9.17) is 5.21 Å². The van der Waals surface area contributed by atoms with Crippen molar-refractivity contribution in [2.45, 2.75) is 6.42 Å². The lowest BCUT2D eigenvalue weighted by Crippen LogP contribution is -2.24. The molecule has 0 bridgehead atoms. The van der Waals surface area contributed by atoms with Gasteiger partial charge in [-0.15, -0.1) is 0 Å². The van der Waals surface area contributed by atoms with E-state index in [1.807, 2.05) is 24.3 Å². The van der Waals surface area contributed by atoms with Crippen molar-refractivity contribution in [3.05, 3.63) is 34.3 Å². The van der Waals surface area contributed by atoms with Crippen LogP contribution in [0, 0.1) is 0 Å². The molecule has 0 aliphatic carbocycles. The molecule has 0 unspecified atom stereocenters. The van der Waals surface area contributed by atoms with Gasteiger partial charge in [0.2, 0.25) is 5.91 Å². The molecule has 3 nitrogen and oxygen atoms in total. The number of likely N-dealkylation sites (N-methyl/N-ethyl adjacent to an activating group) is 1. The number of halogens is 1. The standard InChI is InChI=1S/C9H10BrNO2/c1-11(13)9(12)6-7-2-4-8(10)5-3-7/h2-5,13H,6H2,1H3. The molecule has 0 fully saturated rings. The normalized spacial score (nSPS) is 9.77. The molecule has 0 aliphatic rings. The first-order valence-electron chi connectivity index (χ1n) is 3.79. The molecule has 1 aromatic carbocycles. The number of carbonyl (C=O) groups is 1. The third-order valence-electron chi connectivity index (χ3n) is 1.63. The molecule has 0 aliphatic heterocycles. The molecular weight excluding hydrogens is 234 g/mol. The van der Waals surface area contributed by atoms with Gasteiger partial charge in [0, 0.05) is 11.5 Å². The van der Waals surface area contributed by atoms with Crippen molar-refractivity contribution in [2.75, 3.05) is 7.05 Å². The van der Waals surface area contributed by atoms with Crippen LogP contribution >= 0.6 is 15.9 Å². The van der Waals surface area contributed by atoms with E-state index < -0.39 is 0 Å². The number of hydroxylamine groups is 2. The van der Waals surface area contributed by atoms with Gasteiger partial charge < -0.3 is 0 Å². The Kier molecular flexibility index (Phi) is 3.45. The van der Waals surface area contributed by atoms with Gasteiger partial charge in [0.15, 0.2) is 0 Å². The molecule has 0 aromatic heterocycles. The zero-order valence-corrected chi connectivity index (χ0v) is 8.78. The molecule has 0 spiro atoms. The first kappa shape index (κ1) is 10.2. The van der Waals surface area contributed by atoms with Crippen molar-refractivity contribution in [2.24, 2.45) is 0 Å². The summed E-state index contributed by atoms with van der Waals surface area (Å²) in [5, 5.41) is 9.41. The second-order valence-corrected chi connectivity index (χ2v) is 3.64. The fourth-order valence-electron chi connectivity index (χ4n) is 0.891. The van der Waals surface area contributed by atoms with Crippen LogP contribution < -0.4 is 0 Å². The SMILES string of the molecule is CN(O)C(=O)Cc1ccc(Br)cc1. The summed E-state index contributed by atoms with van der Waals surface area (Å²) in [6, 6.07) is 7.40. The molecule has 1 rings (SSSR count). The van der Waals surface area contributed by atoms with E-state index in [0.29, 0.717) is 5.06 Å². The Balaban J connectivity index is 2.65. The number of carbonyl (C=O) groups excluding carboxylic acids is 1. The molecule has 0 saturated carbocycles. The van der Waals surface area contributed by atoms with Gasteiger partial charge in [0.25, 0.3) is 0 Å². The lowest BCUT2D eigenvalue weighted by atomic mass is 10.1. The summed E-state index contributed by atoms with van der Waals surface area (Å²) >= 11 is 3.30. The molecule has 1 amide bonds. The quantitative estimate of drug-likeness (QED) is 0.637. The maximum absolute atomic E-state index is 11.1. The minimum Gasteiger partial charge on any atom is -0.286 e. The molecule has 0 heterocycles. The van der Waals surface area contributed by atoms with E-state index in [1.54, 1.807) is 0 Å². The zero-order valence-electron chi connectivity index (χ0n) is 7.20. The average molecular weight is 244 g/mol. The highest BCUT2D eigenvalue weighted by molar-refractivity contribution is 9.10. The third kappa shape index (κ3) is 3.16. The maximum Gasteiger partial charge on any atom is 0.250 e. The molecule has 0 radical (unpaired) electrons. The Labute approximate surface area is 85.1 Å². The minimum atomic E-state index is -0.317. The Morgan fingerprint density at radius 3 is 2.46 bits per heavy atom. The van der Waals surface area contributed by atoms with Crippen LogP contribution in [0.1, 0.15) is 5.56 Å². The summed E-state index contributed by atoms with van der Waals surface area (Å²) in [6.07, 6.45) is 0.222. The average Bonchev–Trinajstić information content (AvgIpc) is 2.08. The van der Waals surface area contributed by atoms with Crippen LogP contribution in [0.15, 0.2) is 28.7 Å². The fraction of sp³-hybridized carbons (Fsp3) is 0.222. The van der Waals surface area contributed by atoms with E-state index >= 15 is 0 Å². The second kappa shape index (κ2) is 4.39. The highest BCUT2D eigenvalue weighted by Gasteiger charge is 2.06. The predicted octanol–water partition coefficient (Wildman–Crippen LogP) is 1.84. The van der Waals surface area contributed by atoms with E-state index in [1.165, 1.54) is 7.05 Å². The molecule has 70 valence electrons. The summed E-state index contributed by atoms with van der Waals surface area (Å²) in [6.45, 7) is 0. The van der Waals surface area contributed by atoms with E-state index in [0.717, 1.165) is 10.0 Å². The third-order valence-corrected chi connectivity index (χ3v) is 2.16. The summed E-state index contributed by atoms with van der Waals surface area (Å²) in [7, 11) is 1.32. The first-order chi connectivity index (χ1) is 6.09. The number of amides is 1. The fourth-order valence-corrected chi connectivity index (χ4v) is 1.16. The Bertz CT molecular complexity index is 295. The molecule has 0 saturated heterocycles. The highest BCUT2D eigenvalue weighted by atomic mass is 79.9. The van der Waals surface area contributed by atoms with Crippen LogP contribution in [0.25, 0.3) is 0 Å². The monoisotopic (exact) mass is 243 g/mol. The lowest BCUT2D eigenvalue weighted by Gasteiger charge is -2.07. The summed E-state index contributed by atoms with van der Waals surface area (Å²) in [5.41, 5.74) is 0.883. The van der Waals surface area contributed by atoms with Crippen molar-refractivity contribution in [1.29, 1.82) is 0 Å². The van der Waals surface area contributed by atoms with Gasteiger partial charge in [-0.05, 0) is 17.7 Å². The number of rotatable bonds is 2. The van der Waals surface area contributed by atoms with Gasteiger partial charge in [0.05, 0.1) is 6.42 Å². The van der Waals surface area contributed by atoms with Crippen LogP contribution in [0.5, 0.6) is 0 Å². The smallest absolute Gasteiger partial charge is 0.250 e. The van der Waals surface area contributed by atoms with E-state index in [2.05, 4.69) is 15.9 Å². The maximum atomic E-state index is 11.1. The Hall–Kier alpha value is -0.870. The van der Waals surface area contributed by atoms with Crippen molar-refractivity contribution >= 4 is 21.8 Å². The van der Waals surface area contributed by atoms with Crippen molar-refractivity contribution < 1.29 is 10.0 Å². The first-order valence-corrected chi connectivity index (χ1v) is 4.59. The van der Waals surface area contributed by atoms with Gasteiger partial charge in [-0.3, -0.25) is 10.0 Å². The number of hydrogen-bond donors (Lipinski definition) is 1. The van der Waals surface area contributed by atoms with Gasteiger partial charge in [-0.25, -0.2) is 5.06 Å². The van der Waals surface area contributed by atoms with Crippen LogP contribution in [0.3, 0.4) is 0 Å². The predicted molar refractivity (Wildman–Crippen MR) is 52.4 cm³/mol. The zero-order chi connectivity index (χ0) is 9.84. The van der Waals surface area contributed by atoms with Gasteiger partial charge in [-0.2, -0.15) is 0 Å². The van der Waals surface area contributed by atoms with Crippen molar-refractivity contribution in [3.8, 4) is 0 Å². The van der Waals surface area contributed by atoms with E-state index in [9.17, 15) is 4.79 Å². The number of hydrogen-bond acceptors (Lipinski definition) is 2. The minimum absolute atomic E-state index is 0.222. The molecule has 0 atom stereocenters. The molecular formula is C9H10BrNO2. The van der Waals surface area contributed by atoms with Crippen molar-refractivity contribution in [1.82, 2.24) is 5.06 Å². The van der Waals surface area contributed by atoms with Crippen LogP contribution in [-0.4, -0.2) is 23.2 Å². The van der Waals surface area contributed by atoms with Crippen LogP contribution in [0.2, 0.25) is 0 Å². The highest BCUT2D eigenvalue weighted by Crippen LogP contribution is 2.11. The summed E-state index contributed by atoms with van der Waals surface area (Å²) in [4.78, 5) is 11.1. The van der Waals surface area contributed by atoms with Gasteiger partial charge in [-0.1, -0.05) is 28.1 Å². The topological polar surface area (TPSA) is 40.5 Å². The lowest BCUT2D eigenvalue weighted by molar-refractivity contribution is -0.158. The molecule has 1 N–H and O–H groups in total. The Morgan fingerprint density at radius 2 is 2.00 bits per heavy atom. The van der Waals surface area contributed by atoms with Crippen LogP contribution in [0.4, 0.5) is 0 Å². The largest absolute Gasteiger partial charge is 0.286 e. The second-order valence-electron chi connectivity index (χ2n) is 2.72.